The van der Waals surface area contributed by atoms with Crippen LogP contribution in [0, 0.1) is 16.7 Å². The van der Waals surface area contributed by atoms with Crippen LogP contribution in [0.5, 0.6) is 0 Å². The van der Waals surface area contributed by atoms with Gasteiger partial charge in [-0.3, -0.25) is 0 Å². The van der Waals surface area contributed by atoms with Crippen molar-refractivity contribution in [3.63, 3.8) is 0 Å². The summed E-state index contributed by atoms with van der Waals surface area (Å²) in [5, 5.41) is 6.25. The lowest BCUT2D eigenvalue weighted by Gasteiger charge is -1.08. The number of hydrogen-bond acceptors (Lipinski definition) is 2. The van der Waals surface area contributed by atoms with Gasteiger partial charge in [0, 0.05) is 4.91 Å². The molecule has 2 N–H and O–H groups in total. The summed E-state index contributed by atoms with van der Waals surface area (Å²) in [7, 11) is 0. The topological polar surface area (TPSA) is 66.4 Å². The first-order valence-electron chi connectivity index (χ1n) is 0.459. The normalized spacial score (nSPS) is 1.50. The molecule has 0 aliphatic carbocycles. The van der Waals surface area contributed by atoms with E-state index in [-0.39, 0.29) is 0 Å². The molecule has 22 valence electrons. The Morgan fingerprint density at radius 1 is 1.50 bits per heavy atom. The molecule has 0 saturated heterocycles. The highest BCUT2D eigenvalue weighted by atomic mass is 16.2. The molecule has 0 spiro atoms. The maximum Gasteiger partial charge on any atom is 0.0125 e. The Morgan fingerprint density at radius 3 is 1.50 bits per heavy atom. The van der Waals surface area contributed by atoms with Crippen LogP contribution in [0.3, 0.4) is 0 Å². The number of rotatable bonds is 0. The molecule has 4 heavy (non-hydrogen) atoms. The maximum absolute atomic E-state index is 7.75. The maximum atomic E-state index is 7.75. The summed E-state index contributed by atoms with van der Waals surface area (Å²) in [5.74, 6) is 0. The third-order valence-corrected chi connectivity index (χ3v) is 0. The van der Waals surface area contributed by atoms with Gasteiger partial charge in [0.05, 0.1) is 0 Å². The lowest BCUT2D eigenvalue weighted by Crippen LogP contribution is -2.18. The van der Waals surface area contributed by atoms with E-state index in [1.807, 2.05) is 0 Å². The van der Waals surface area contributed by atoms with Crippen LogP contribution in [0.25, 0.3) is 0 Å². The van der Waals surface area contributed by atoms with Crippen LogP contribution in [0.1, 0.15) is 0 Å². The van der Waals surface area contributed by atoms with Gasteiger partial charge in [-0.15, -0.1) is 0 Å². The average molecular weight is 58.0 g/mol. The monoisotopic (exact) mass is 58.0 g/mol. The van der Waals surface area contributed by atoms with Crippen molar-refractivity contribution in [2.24, 2.45) is 0 Å². The Bertz CT molecular complexity index is 17.2. The quantitative estimate of drug-likeness (QED) is 0.348. The molecular weight excluding hydrogens is 56.0 g/mol. The highest BCUT2D eigenvalue weighted by Crippen LogP contribution is 0.626. The molecule has 0 heterocycles. The standard InChI is InChI=1S/CN.H2NO/c2*1-2/h;1H2/q-1;+1. The fraction of sp³-hybridized carbons (Fsp3) is 0. The van der Waals surface area contributed by atoms with Gasteiger partial charge >= 0.3 is 0 Å². The van der Waals surface area contributed by atoms with Gasteiger partial charge in [0.2, 0.25) is 0 Å². The van der Waals surface area contributed by atoms with E-state index in [2.05, 4.69) is 5.59 Å². The van der Waals surface area contributed by atoms with Crippen LogP contribution in [0.2, 0.25) is 0 Å². The summed E-state index contributed by atoms with van der Waals surface area (Å²) in [6.07, 6.45) is 0. The lowest BCUT2D eigenvalue weighted by atomic mass is 11.9. The number of nitrogens with two attached hydrogens (primary N) is 1. The van der Waals surface area contributed by atoms with E-state index in [0.29, 0.717) is 0 Å². The molecule has 0 fully saturated rings. The molecule has 0 saturated carbocycles. The zero-order chi connectivity index (χ0) is 4.00. The van der Waals surface area contributed by atoms with Crippen molar-refractivity contribution in [3.8, 4) is 0 Å². The number of nitroso groups, excluding NO2 is 1. The van der Waals surface area contributed by atoms with Gasteiger partial charge < -0.3 is 11.8 Å². The van der Waals surface area contributed by atoms with E-state index >= 15 is 0 Å². The summed E-state index contributed by atoms with van der Waals surface area (Å²) in [4.78, 5) is 7.75. The molecule has 0 rings (SSSR count). The van der Waals surface area contributed by atoms with E-state index in [0.717, 1.165) is 0 Å². The Hall–Kier alpha value is -0.910. The van der Waals surface area contributed by atoms with Crippen LogP contribution < -0.4 is 5.59 Å². The van der Waals surface area contributed by atoms with Crippen LogP contribution in [-0.2, 0) is 0 Å². The minimum Gasteiger partial charge on any atom is -0.512 e. The van der Waals surface area contributed by atoms with Gasteiger partial charge in [0.15, 0.2) is 0 Å². The minimum atomic E-state index is 3.25. The Balaban J connectivity index is 0. The highest BCUT2D eigenvalue weighted by Gasteiger charge is 0.697. The van der Waals surface area contributed by atoms with Crippen molar-refractivity contribution < 1.29 is 5.59 Å². The summed E-state index contributed by atoms with van der Waals surface area (Å²) < 4.78 is 0. The smallest absolute Gasteiger partial charge is 0.0125 e. The van der Waals surface area contributed by atoms with Crippen LogP contribution in [0.15, 0.2) is 0 Å². The summed E-state index contributed by atoms with van der Waals surface area (Å²) in [6.45, 7) is 4.75. The van der Waals surface area contributed by atoms with Crippen molar-refractivity contribution in [3.05, 3.63) is 11.5 Å². The molecule has 0 amide bonds. The third kappa shape index (κ3) is 0.0107. The molecule has 0 bridgehead atoms. The largest absolute Gasteiger partial charge is 0.512 e. The van der Waals surface area contributed by atoms with Gasteiger partial charge in [-0.05, 0) is 5.59 Å². The molecule has 0 unspecified atom stereocenters. The van der Waals surface area contributed by atoms with Gasteiger partial charge in [-0.1, -0.05) is 0 Å². The van der Waals surface area contributed by atoms with E-state index in [1.165, 1.54) is 0 Å². The Labute approximate surface area is 23.6 Å². The van der Waals surface area contributed by atoms with Crippen molar-refractivity contribution in [2.75, 3.05) is 0 Å². The minimum absolute atomic E-state index is 3.25. The van der Waals surface area contributed by atoms with E-state index in [1.54, 1.807) is 0 Å². The fourth-order valence-corrected chi connectivity index (χ4v) is 0. The average Bonchev–Trinajstić information content (AvgIpc) is 1.50. The second-order valence-electron chi connectivity index (χ2n) is 0. The zero-order valence-corrected chi connectivity index (χ0v) is 1.93. The first-order valence-corrected chi connectivity index (χ1v) is 0.459. The second-order valence-corrected chi connectivity index (χ2v) is 0. The first-order chi connectivity index (χ1) is 2.00. The molecule has 0 aromatic heterocycles. The predicted octanol–water partition coefficient (Wildman–Crippen LogP) is -1.39. The van der Waals surface area contributed by atoms with Crippen molar-refractivity contribution in [1.82, 2.24) is 0 Å². The molecule has 0 aliphatic heterocycles. The zero-order valence-electron chi connectivity index (χ0n) is 1.93. The second kappa shape index (κ2) is 3.00. The SMILES string of the molecule is [C-]#N.[NH2+]=O. The summed E-state index contributed by atoms with van der Waals surface area (Å²) >= 11 is 0. The Kier molecular flexibility index (Phi) is 8.52. The van der Waals surface area contributed by atoms with Crippen LogP contribution >= 0.6 is 0 Å². The first kappa shape index (κ1) is 11.4. The van der Waals surface area contributed by atoms with Crippen LogP contribution in [0.4, 0.5) is 0 Å². The number of nitrogens with zero attached hydrogens (tertiary/aromatic N) is 1. The van der Waals surface area contributed by atoms with Gasteiger partial charge in [-0.25, -0.2) is 0 Å². The molecule has 3 nitrogen and oxygen atoms in total. The van der Waals surface area contributed by atoms with Crippen molar-refractivity contribution in [2.45, 2.75) is 0 Å². The highest BCUT2D eigenvalue weighted by molar-refractivity contribution is 3.51. The van der Waals surface area contributed by atoms with E-state index in [9.17, 15) is 0 Å². The summed E-state index contributed by atoms with van der Waals surface area (Å²) in [5.41, 5.74) is 3.25. The third-order valence-electron chi connectivity index (χ3n) is 0. The summed E-state index contributed by atoms with van der Waals surface area (Å²) in [6, 6.07) is 0. The molecule has 0 radical (unpaired) electrons. The Morgan fingerprint density at radius 2 is 1.50 bits per heavy atom. The van der Waals surface area contributed by atoms with Crippen molar-refractivity contribution in [1.29, 1.82) is 5.26 Å². The van der Waals surface area contributed by atoms with Crippen molar-refractivity contribution >= 4 is 0 Å². The van der Waals surface area contributed by atoms with E-state index < -0.39 is 0 Å². The molecule has 0 aromatic rings. The lowest BCUT2D eigenvalue weighted by molar-refractivity contribution is -0.142. The molecule has 0 atom stereocenters. The van der Waals surface area contributed by atoms with Gasteiger partial charge in [-0.2, -0.15) is 0 Å². The number of hydrogen-bond donors (Lipinski definition) is 1. The molecule has 3 heteroatoms. The van der Waals surface area contributed by atoms with Crippen LogP contribution in [-0.4, -0.2) is 0 Å². The van der Waals surface area contributed by atoms with Gasteiger partial charge in [0.1, 0.15) is 0 Å². The fourth-order valence-electron chi connectivity index (χ4n) is 0. The van der Waals surface area contributed by atoms with E-state index in [4.69, 9.17) is 16.7 Å². The molecule has 0 aromatic carbocycles. The molecule has 0 aliphatic rings. The predicted molar refractivity (Wildman–Crippen MR) is 10.3 cm³/mol. The molecular formula is CH2N2O. The van der Waals surface area contributed by atoms with Gasteiger partial charge in [0.25, 0.3) is 0 Å².